The Morgan fingerprint density at radius 3 is 0.0532 bits per heavy atom. The van der Waals surface area contributed by atoms with Gasteiger partial charge in [-0.1, -0.05) is 0 Å². The summed E-state index contributed by atoms with van der Waals surface area (Å²) in [6.45, 7) is 0. The van der Waals surface area contributed by atoms with Gasteiger partial charge in [0.25, 0.3) is 0 Å². The number of hydrogen-bond donors (Lipinski definition) is 0. The third-order valence-electron chi connectivity index (χ3n) is 0. The first-order valence-electron chi connectivity index (χ1n) is 0. The third-order valence-corrected chi connectivity index (χ3v) is 0. The molecule has 0 amide bonds. The van der Waals surface area contributed by atoms with Crippen LogP contribution in [0.3, 0.4) is 0 Å². The van der Waals surface area contributed by atoms with Crippen LogP contribution in [0.1, 0.15) is 0 Å². The Labute approximate surface area is 1320 Å². The van der Waals surface area contributed by atoms with Crippen LogP contribution in [0.2, 0.25) is 0 Å². The van der Waals surface area contributed by atoms with Crippen molar-refractivity contribution in [1.82, 2.24) is 0 Å². The van der Waals surface area contributed by atoms with E-state index >= 15 is 0 Å². The van der Waals surface area contributed by atoms with Gasteiger partial charge in [0.05, 0.1) is 0 Å². The molecule has 0 saturated carbocycles. The van der Waals surface area contributed by atoms with E-state index in [9.17, 15) is 0 Å². The molecule has 0 saturated heterocycles. The number of hydrogen-bond acceptors (Lipinski definition) is 0. The van der Waals surface area contributed by atoms with Crippen LogP contribution in [-0.4, -0.2) is 956 Å². The van der Waals surface area contributed by atoms with Gasteiger partial charge < -0.3 is 340 Å². The summed E-state index contributed by atoms with van der Waals surface area (Å²) in [5, 5.41) is 0. The van der Waals surface area contributed by atoms with Crippen LogP contribution >= 0.6 is 19.8 Å². The van der Waals surface area contributed by atoms with E-state index in [0.717, 1.165) is 0 Å². The molecule has 0 heterocycles. The van der Waals surface area contributed by atoms with E-state index in [1.54, 1.807) is 0 Å². The monoisotopic (exact) mass is 4420 g/mol. The minimum Gasteiger partial charge on any atom is -0.412 e. The topological polar surface area (TPSA) is 1950 Å². The van der Waals surface area contributed by atoms with Crippen molar-refractivity contribution in [1.29, 1.82) is 0 Å². The molecule has 62 nitrogen and oxygen atoms in total. The van der Waals surface area contributed by atoms with Crippen molar-refractivity contribution in [3.05, 3.63) is 0 Å². The van der Waals surface area contributed by atoms with Gasteiger partial charge in [-0.05, 0) is 0 Å². The minimum absolute atomic E-state index is 0. The van der Waals surface area contributed by atoms with Crippen molar-refractivity contribution in [3.63, 3.8) is 0 Å². The molecule has 0 bridgehead atoms. The molecule has 94 heteroatoms. The largest absolute Gasteiger partial charge is 0.412 e. The average molecular weight is 4420 g/mol. The maximum atomic E-state index is 0. The van der Waals surface area contributed by atoms with Gasteiger partial charge in [0.1, 0.15) is 0 Å². The van der Waals surface area contributed by atoms with Crippen molar-refractivity contribution in [2.24, 2.45) is 0 Å². The first-order chi connectivity index (χ1) is 0. The number of rotatable bonds is 0. The first-order valence-corrected chi connectivity index (χ1v) is 0. The van der Waals surface area contributed by atoms with E-state index in [4.69, 9.17) is 0 Å². The molecule has 0 rings (SSSR count). The van der Waals surface area contributed by atoms with E-state index in [-0.39, 0.29) is 1360 Å². The molecule has 0 aliphatic rings. The molecule has 0 aliphatic heterocycles. The van der Waals surface area contributed by atoms with Gasteiger partial charge in [-0.3, -0.25) is 0 Å². The predicted molar refractivity (Wildman–Crippen MR) is 315 cm³/mol. The normalized spacial score (nSPS) is 0. The molecule has 626 valence electrons. The molecular formula is H130K12Nb6O62P2W12. The Morgan fingerprint density at radius 2 is 0.0532 bits per heavy atom. The summed E-state index contributed by atoms with van der Waals surface area (Å²) in [6.07, 6.45) is 0. The molecule has 18 radical (unpaired) electrons. The Morgan fingerprint density at radius 1 is 0.0532 bits per heavy atom. The minimum atomic E-state index is 0. The fourth-order valence-electron chi connectivity index (χ4n) is 0. The van der Waals surface area contributed by atoms with Crippen molar-refractivity contribution in [3.8, 4) is 0 Å². The molecular weight excluding hydrogens is 4290 g/mol. The van der Waals surface area contributed by atoms with Crippen LogP contribution in [-0.2, 0) is 387 Å². The van der Waals surface area contributed by atoms with Gasteiger partial charge in [-0.25, -0.2) is 0 Å². The fourth-order valence-corrected chi connectivity index (χ4v) is 0. The molecule has 2 atom stereocenters. The summed E-state index contributed by atoms with van der Waals surface area (Å²) < 4.78 is 0. The maximum Gasteiger partial charge on any atom is 0 e. The summed E-state index contributed by atoms with van der Waals surface area (Å²) in [5.41, 5.74) is 0. The van der Waals surface area contributed by atoms with Gasteiger partial charge in [-0.2, -0.15) is 19.8 Å². The summed E-state index contributed by atoms with van der Waals surface area (Å²) >= 11 is 0. The van der Waals surface area contributed by atoms with Gasteiger partial charge in [0.2, 0.25) is 0 Å². The zero-order valence-electron chi connectivity index (χ0n) is 52.0. The zero-order valence-corrected chi connectivity index (χ0v) is 141. The van der Waals surface area contributed by atoms with Crippen LogP contribution in [0, 0.1) is 0 Å². The van der Waals surface area contributed by atoms with Gasteiger partial charge in [0.15, 0.2) is 0 Å². The van der Waals surface area contributed by atoms with E-state index in [2.05, 4.69) is 0 Å². The first kappa shape index (κ1) is 2020. The van der Waals surface area contributed by atoms with Crippen LogP contribution in [0.4, 0.5) is 0 Å². The van der Waals surface area contributed by atoms with Crippen LogP contribution in [0.5, 0.6) is 0 Å². The molecule has 0 aliphatic carbocycles. The van der Waals surface area contributed by atoms with Crippen molar-refractivity contribution in [2.45, 2.75) is 0 Å². The van der Waals surface area contributed by atoms with Gasteiger partial charge in [-0.15, -0.1) is 0 Å². The summed E-state index contributed by atoms with van der Waals surface area (Å²) in [6, 6.07) is 0. The van der Waals surface area contributed by atoms with Crippen molar-refractivity contribution < 1.29 is 727 Å². The molecule has 0 aromatic heterocycles. The Hall–Kier alpha value is 30.7. The maximum absolute atomic E-state index is 0. The quantitative estimate of drug-likeness (QED) is 0.161. The summed E-state index contributed by atoms with van der Waals surface area (Å²) in [4.78, 5) is 0. The second kappa shape index (κ2) is 1970. The predicted octanol–water partition coefficient (Wildman–Crippen LogP) is -55.6. The van der Waals surface area contributed by atoms with Crippen LogP contribution in [0.25, 0.3) is 0 Å². The average Bonchev–Trinajstić information content (AvgIpc) is 0. The van der Waals surface area contributed by atoms with Crippen molar-refractivity contribution >= 4 is 636 Å². The molecule has 0 aromatic carbocycles. The SMILES string of the molecule is O.O.O.O.O.O.O.O.O.O.O.O.O.O.O.O.O.O.O.O.O.O.O.O.O.O.O.O.O.O.O.O.O.O.O.O.O.O.O.O.O.O.O.O.O.O.O.O.O.O.O.O.O.O.O.O.O.O.O.O.O.O.P.P.[K].[K].[K].[K].[K].[K].[K].[K].[K].[K].[K].[K].[Nb].[Nb].[Nb].[Nb].[Nb].[Nb].[W].[W].[W].[W].[W].[W].[W].[W].[W].[W].[W].[W]. The van der Waals surface area contributed by atoms with Crippen molar-refractivity contribution in [2.75, 3.05) is 0 Å². The van der Waals surface area contributed by atoms with E-state index in [0.29, 0.717) is 0 Å². The smallest absolute Gasteiger partial charge is 0 e. The standard InChI is InChI=1S/12K.6Nb.62H2O.2H3P.12W/h;;;;;;;;;;;;;;;;;;62*1H2;2*1H3;;;;;;;;;;;;. The molecule has 0 fully saturated rings. The molecule has 124 N–H and O–H groups in total. The molecule has 2 unspecified atom stereocenters. The van der Waals surface area contributed by atoms with Gasteiger partial charge >= 0.3 is 0 Å². The van der Waals surface area contributed by atoms with E-state index < -0.39 is 0 Å². The summed E-state index contributed by atoms with van der Waals surface area (Å²) in [7, 11) is 0. The Balaban J connectivity index is 0. The molecule has 94 heavy (non-hydrogen) atoms. The molecule has 0 spiro atoms. The molecule has 0 aromatic rings. The second-order valence-electron chi connectivity index (χ2n) is 0. The van der Waals surface area contributed by atoms with Gasteiger partial charge in [0, 0.05) is 1000 Å². The Bertz CT molecular complexity index is 143. The van der Waals surface area contributed by atoms with Crippen LogP contribution < -0.4 is 0 Å². The van der Waals surface area contributed by atoms with E-state index in [1.807, 2.05) is 0 Å². The second-order valence-corrected chi connectivity index (χ2v) is 0. The van der Waals surface area contributed by atoms with Crippen LogP contribution in [0.15, 0.2) is 0 Å². The zero-order chi connectivity index (χ0) is 0. The Kier molecular flexibility index (Phi) is 42500. The summed E-state index contributed by atoms with van der Waals surface area (Å²) in [5.74, 6) is 0. The van der Waals surface area contributed by atoms with E-state index in [1.165, 1.54) is 0 Å². The fraction of sp³-hybridized carbons (Fsp3) is 0. The third kappa shape index (κ3) is 1930.